The number of amides is 1. The Morgan fingerprint density at radius 3 is 2.94 bits per heavy atom. The highest BCUT2D eigenvalue weighted by Gasteiger charge is 2.19. The van der Waals surface area contributed by atoms with Gasteiger partial charge in [0.2, 0.25) is 5.91 Å². The molecule has 92 valence electrons. The van der Waals surface area contributed by atoms with Gasteiger partial charge in [0, 0.05) is 17.7 Å². The summed E-state index contributed by atoms with van der Waals surface area (Å²) >= 11 is 1.58. The van der Waals surface area contributed by atoms with Crippen LogP contribution in [0.15, 0.2) is 12.2 Å². The molecule has 0 aromatic carbocycles. The maximum Gasteiger partial charge on any atom is 0.220 e. The van der Waals surface area contributed by atoms with E-state index in [0.717, 1.165) is 12.8 Å². The summed E-state index contributed by atoms with van der Waals surface area (Å²) in [6.07, 6.45) is 8.98. The highest BCUT2D eigenvalue weighted by Crippen LogP contribution is 2.20. The van der Waals surface area contributed by atoms with E-state index in [1.165, 1.54) is 0 Å². The van der Waals surface area contributed by atoms with Gasteiger partial charge in [0.1, 0.15) is 0 Å². The van der Waals surface area contributed by atoms with Crippen molar-refractivity contribution in [1.82, 2.24) is 5.32 Å². The molecule has 0 spiro atoms. The Hall–Kier alpha value is -0.480. The van der Waals surface area contributed by atoms with Crippen LogP contribution in [0.4, 0.5) is 0 Å². The van der Waals surface area contributed by atoms with E-state index in [0.29, 0.717) is 12.3 Å². The van der Waals surface area contributed by atoms with Crippen LogP contribution in [-0.2, 0) is 4.79 Å². The van der Waals surface area contributed by atoms with Crippen molar-refractivity contribution < 1.29 is 9.90 Å². The monoisotopic (exact) mass is 243 g/mol. The first-order chi connectivity index (χ1) is 7.67. The van der Waals surface area contributed by atoms with Gasteiger partial charge in [-0.25, -0.2) is 0 Å². The van der Waals surface area contributed by atoms with Gasteiger partial charge in [0.25, 0.3) is 0 Å². The second-order valence-corrected chi connectivity index (χ2v) is 5.36. The minimum absolute atomic E-state index is 0.0258. The third-order valence-corrected chi connectivity index (χ3v) is 4.15. The minimum atomic E-state index is 0.0258. The van der Waals surface area contributed by atoms with E-state index >= 15 is 0 Å². The molecule has 3 atom stereocenters. The zero-order valence-corrected chi connectivity index (χ0v) is 10.8. The molecule has 2 N–H and O–H groups in total. The van der Waals surface area contributed by atoms with E-state index < -0.39 is 0 Å². The molecule has 0 heterocycles. The number of aliphatic hydroxyl groups is 1. The summed E-state index contributed by atoms with van der Waals surface area (Å²) < 4.78 is 0. The second-order valence-electron chi connectivity index (χ2n) is 4.28. The number of rotatable bonds is 6. The SMILES string of the molecule is CSC(CO)C(C)NC(=O)CC1C=CCC1. The average Bonchev–Trinajstić information content (AvgIpc) is 2.71. The van der Waals surface area contributed by atoms with E-state index in [4.69, 9.17) is 5.11 Å². The zero-order chi connectivity index (χ0) is 12.0. The maximum atomic E-state index is 11.7. The summed E-state index contributed by atoms with van der Waals surface area (Å²) in [5.41, 5.74) is 0. The molecule has 0 aromatic rings. The Morgan fingerprint density at radius 1 is 1.69 bits per heavy atom. The lowest BCUT2D eigenvalue weighted by Crippen LogP contribution is -2.41. The highest BCUT2D eigenvalue weighted by atomic mass is 32.2. The van der Waals surface area contributed by atoms with Gasteiger partial charge >= 0.3 is 0 Å². The van der Waals surface area contributed by atoms with E-state index in [-0.39, 0.29) is 23.8 Å². The molecule has 0 saturated heterocycles. The fourth-order valence-electron chi connectivity index (χ4n) is 1.95. The lowest BCUT2D eigenvalue weighted by Gasteiger charge is -2.21. The Kier molecular flexibility index (Phi) is 5.91. The van der Waals surface area contributed by atoms with E-state index in [1.807, 2.05) is 13.2 Å². The van der Waals surface area contributed by atoms with Crippen molar-refractivity contribution in [1.29, 1.82) is 0 Å². The molecule has 0 aliphatic heterocycles. The third kappa shape index (κ3) is 4.18. The second kappa shape index (κ2) is 6.97. The van der Waals surface area contributed by atoms with Gasteiger partial charge in [0.05, 0.1) is 6.61 Å². The molecule has 1 aliphatic carbocycles. The first kappa shape index (κ1) is 13.6. The minimum Gasteiger partial charge on any atom is -0.395 e. The number of hydrogen-bond donors (Lipinski definition) is 2. The molecule has 4 heteroatoms. The molecule has 1 amide bonds. The molecule has 0 radical (unpaired) electrons. The van der Waals surface area contributed by atoms with E-state index in [9.17, 15) is 4.79 Å². The van der Waals surface area contributed by atoms with Crippen molar-refractivity contribution in [2.45, 2.75) is 37.5 Å². The predicted molar refractivity (Wildman–Crippen MR) is 68.5 cm³/mol. The normalized spacial score (nSPS) is 23.1. The van der Waals surface area contributed by atoms with Crippen LogP contribution in [-0.4, -0.2) is 35.2 Å². The van der Waals surface area contributed by atoms with E-state index in [2.05, 4.69) is 17.5 Å². The molecular weight excluding hydrogens is 222 g/mol. The lowest BCUT2D eigenvalue weighted by atomic mass is 10.0. The summed E-state index contributed by atoms with van der Waals surface area (Å²) in [7, 11) is 0. The van der Waals surface area contributed by atoms with Crippen molar-refractivity contribution >= 4 is 17.7 Å². The van der Waals surface area contributed by atoms with Crippen molar-refractivity contribution in [2.75, 3.05) is 12.9 Å². The topological polar surface area (TPSA) is 49.3 Å². The molecule has 0 saturated carbocycles. The summed E-state index contributed by atoms with van der Waals surface area (Å²) in [6.45, 7) is 2.05. The van der Waals surface area contributed by atoms with Crippen LogP contribution in [0.3, 0.4) is 0 Å². The number of carbonyl (C=O) groups is 1. The number of carbonyl (C=O) groups excluding carboxylic acids is 1. The summed E-state index contributed by atoms with van der Waals surface area (Å²) in [5.74, 6) is 0.505. The van der Waals surface area contributed by atoms with Gasteiger partial charge in [-0.1, -0.05) is 12.2 Å². The van der Waals surface area contributed by atoms with Crippen LogP contribution in [0.25, 0.3) is 0 Å². The van der Waals surface area contributed by atoms with Crippen molar-refractivity contribution in [2.24, 2.45) is 5.92 Å². The molecule has 0 fully saturated rings. The lowest BCUT2D eigenvalue weighted by molar-refractivity contribution is -0.122. The van der Waals surface area contributed by atoms with Crippen LogP contribution in [0, 0.1) is 5.92 Å². The van der Waals surface area contributed by atoms with E-state index in [1.54, 1.807) is 11.8 Å². The highest BCUT2D eigenvalue weighted by molar-refractivity contribution is 7.99. The third-order valence-electron chi connectivity index (χ3n) is 2.99. The molecule has 1 aliphatic rings. The van der Waals surface area contributed by atoms with Crippen LogP contribution < -0.4 is 5.32 Å². The Bertz CT molecular complexity index is 251. The summed E-state index contributed by atoms with van der Waals surface area (Å²) in [5, 5.41) is 12.2. The molecule has 0 bridgehead atoms. The standard InChI is InChI=1S/C12H21NO2S/c1-9(11(8-14)16-2)13-12(15)7-10-5-3-4-6-10/h3,5,9-11,14H,4,6-8H2,1-2H3,(H,13,15). The summed E-state index contributed by atoms with van der Waals surface area (Å²) in [6, 6.07) is 0.0258. The van der Waals surface area contributed by atoms with Crippen LogP contribution in [0.2, 0.25) is 0 Å². The van der Waals surface area contributed by atoms with Crippen LogP contribution >= 0.6 is 11.8 Å². The maximum absolute atomic E-state index is 11.7. The van der Waals surface area contributed by atoms with Gasteiger partial charge < -0.3 is 10.4 Å². The van der Waals surface area contributed by atoms with Gasteiger partial charge in [0.15, 0.2) is 0 Å². The smallest absolute Gasteiger partial charge is 0.220 e. The van der Waals surface area contributed by atoms with Gasteiger partial charge in [-0.05, 0) is 31.9 Å². The van der Waals surface area contributed by atoms with Crippen molar-refractivity contribution in [3.05, 3.63) is 12.2 Å². The van der Waals surface area contributed by atoms with Gasteiger partial charge in [-0.2, -0.15) is 11.8 Å². The van der Waals surface area contributed by atoms with Crippen LogP contribution in [0.5, 0.6) is 0 Å². The van der Waals surface area contributed by atoms with Crippen molar-refractivity contribution in [3.8, 4) is 0 Å². The Morgan fingerprint density at radius 2 is 2.44 bits per heavy atom. The fourth-order valence-corrected chi connectivity index (χ4v) is 2.57. The zero-order valence-electron chi connectivity index (χ0n) is 9.98. The largest absolute Gasteiger partial charge is 0.395 e. The molecule has 3 nitrogen and oxygen atoms in total. The predicted octanol–water partition coefficient (Wildman–Crippen LogP) is 1.57. The number of thioether (sulfide) groups is 1. The molecular formula is C12H21NO2S. The first-order valence-corrected chi connectivity index (χ1v) is 7.05. The quantitative estimate of drug-likeness (QED) is 0.696. The fraction of sp³-hybridized carbons (Fsp3) is 0.750. The van der Waals surface area contributed by atoms with Gasteiger partial charge in [-0.3, -0.25) is 4.79 Å². The molecule has 16 heavy (non-hydrogen) atoms. The van der Waals surface area contributed by atoms with Crippen molar-refractivity contribution in [3.63, 3.8) is 0 Å². The van der Waals surface area contributed by atoms with Crippen LogP contribution in [0.1, 0.15) is 26.2 Å². The molecule has 0 aromatic heterocycles. The summed E-state index contributed by atoms with van der Waals surface area (Å²) in [4.78, 5) is 11.7. The number of allylic oxidation sites excluding steroid dienone is 2. The average molecular weight is 243 g/mol. The Balaban J connectivity index is 2.29. The molecule has 3 unspecified atom stereocenters. The Labute approximate surface area is 102 Å². The molecule has 1 rings (SSSR count). The number of hydrogen-bond acceptors (Lipinski definition) is 3. The number of aliphatic hydroxyl groups excluding tert-OH is 1. The first-order valence-electron chi connectivity index (χ1n) is 5.77. The van der Waals surface area contributed by atoms with Gasteiger partial charge in [-0.15, -0.1) is 0 Å². The number of nitrogens with one attached hydrogen (secondary N) is 1.